The Balaban J connectivity index is 1.47. The summed E-state index contributed by atoms with van der Waals surface area (Å²) < 4.78 is 12.5. The molecule has 32 heavy (non-hydrogen) atoms. The summed E-state index contributed by atoms with van der Waals surface area (Å²) in [5, 5.41) is 7.08. The van der Waals surface area contributed by atoms with E-state index in [1.54, 1.807) is 41.2 Å². The van der Waals surface area contributed by atoms with E-state index in [-0.39, 0.29) is 11.6 Å². The Bertz CT molecular complexity index is 1250. The standard InChI is InChI=1S/C23H19N5O4/c1-31-19-14-28(17-7-3-2-4-8-17)27-21(19)23(30)26-16-10-11-20(25-13-16)32-18-9-5-6-15(12-18)22(24)29/h2-14H,1H3,(H2,24,29)(H,26,30). The molecule has 0 unspecified atom stereocenters. The Morgan fingerprint density at radius 3 is 2.53 bits per heavy atom. The van der Waals surface area contributed by atoms with E-state index < -0.39 is 11.8 Å². The molecule has 2 aromatic carbocycles. The molecule has 2 heterocycles. The molecule has 0 saturated carbocycles. The van der Waals surface area contributed by atoms with Crippen molar-refractivity contribution in [1.29, 1.82) is 0 Å². The van der Waals surface area contributed by atoms with Gasteiger partial charge >= 0.3 is 0 Å². The van der Waals surface area contributed by atoms with Crippen LogP contribution in [0.5, 0.6) is 17.4 Å². The smallest absolute Gasteiger partial charge is 0.280 e. The third-order valence-corrected chi connectivity index (χ3v) is 4.47. The largest absolute Gasteiger partial charge is 0.493 e. The van der Waals surface area contributed by atoms with Gasteiger partial charge in [0.1, 0.15) is 5.75 Å². The summed E-state index contributed by atoms with van der Waals surface area (Å²) in [6.07, 6.45) is 3.09. The van der Waals surface area contributed by atoms with E-state index >= 15 is 0 Å². The van der Waals surface area contributed by atoms with Crippen molar-refractivity contribution in [3.05, 3.63) is 90.4 Å². The summed E-state index contributed by atoms with van der Waals surface area (Å²) in [5.41, 5.74) is 7.00. The van der Waals surface area contributed by atoms with Gasteiger partial charge in [-0.05, 0) is 36.4 Å². The molecule has 0 radical (unpaired) electrons. The number of nitrogens with one attached hydrogen (secondary N) is 1. The quantitative estimate of drug-likeness (QED) is 0.464. The number of amides is 2. The molecule has 3 N–H and O–H groups in total. The van der Waals surface area contributed by atoms with Crippen LogP contribution in [-0.4, -0.2) is 33.7 Å². The van der Waals surface area contributed by atoms with Gasteiger partial charge in [-0.25, -0.2) is 9.67 Å². The molecule has 9 nitrogen and oxygen atoms in total. The van der Waals surface area contributed by atoms with Crippen LogP contribution in [0.4, 0.5) is 5.69 Å². The van der Waals surface area contributed by atoms with E-state index in [0.717, 1.165) is 5.69 Å². The van der Waals surface area contributed by atoms with E-state index in [2.05, 4.69) is 15.4 Å². The van der Waals surface area contributed by atoms with E-state index in [1.165, 1.54) is 19.4 Å². The van der Waals surface area contributed by atoms with Crippen LogP contribution >= 0.6 is 0 Å². The average molecular weight is 429 g/mol. The maximum absolute atomic E-state index is 12.7. The van der Waals surface area contributed by atoms with E-state index in [0.29, 0.717) is 22.7 Å². The fraction of sp³-hybridized carbons (Fsp3) is 0.0435. The van der Waals surface area contributed by atoms with Crippen molar-refractivity contribution in [2.45, 2.75) is 0 Å². The normalized spacial score (nSPS) is 10.4. The first kappa shape index (κ1) is 20.6. The second kappa shape index (κ2) is 9.00. The lowest BCUT2D eigenvalue weighted by Crippen LogP contribution is -2.14. The Kier molecular flexibility index (Phi) is 5.80. The van der Waals surface area contributed by atoms with Gasteiger partial charge in [-0.15, -0.1) is 0 Å². The number of methoxy groups -OCH3 is 1. The van der Waals surface area contributed by atoms with Crippen molar-refractivity contribution < 1.29 is 19.1 Å². The molecule has 2 aromatic heterocycles. The highest BCUT2D eigenvalue weighted by molar-refractivity contribution is 6.04. The molecule has 0 aliphatic rings. The average Bonchev–Trinajstić information content (AvgIpc) is 3.26. The third-order valence-electron chi connectivity index (χ3n) is 4.47. The van der Waals surface area contributed by atoms with E-state index in [4.69, 9.17) is 15.2 Å². The molecule has 0 atom stereocenters. The van der Waals surface area contributed by atoms with Crippen molar-refractivity contribution in [3.8, 4) is 23.1 Å². The summed E-state index contributed by atoms with van der Waals surface area (Å²) in [5.74, 6) is 0.0543. The minimum Gasteiger partial charge on any atom is -0.493 e. The first-order valence-corrected chi connectivity index (χ1v) is 9.57. The molecule has 0 bridgehead atoms. The minimum absolute atomic E-state index is 0.139. The number of nitrogens with zero attached hydrogens (tertiary/aromatic N) is 3. The lowest BCUT2D eigenvalue weighted by Gasteiger charge is -2.07. The Morgan fingerprint density at radius 1 is 1.03 bits per heavy atom. The number of carbonyl (C=O) groups is 2. The van der Waals surface area contributed by atoms with Crippen LogP contribution in [0.25, 0.3) is 5.69 Å². The number of hydrogen-bond acceptors (Lipinski definition) is 6. The maximum Gasteiger partial charge on any atom is 0.280 e. The van der Waals surface area contributed by atoms with Crippen molar-refractivity contribution in [3.63, 3.8) is 0 Å². The second-order valence-corrected chi connectivity index (χ2v) is 6.66. The molecule has 160 valence electrons. The number of benzene rings is 2. The molecule has 0 spiro atoms. The molecule has 4 aromatic rings. The maximum atomic E-state index is 12.7. The number of primary amides is 1. The number of aromatic nitrogens is 3. The predicted molar refractivity (Wildman–Crippen MR) is 117 cm³/mol. The molecule has 0 aliphatic heterocycles. The van der Waals surface area contributed by atoms with Gasteiger partial charge in [0.25, 0.3) is 5.91 Å². The highest BCUT2D eigenvalue weighted by atomic mass is 16.5. The van der Waals surface area contributed by atoms with Gasteiger partial charge in [0.15, 0.2) is 11.4 Å². The Hall–Kier alpha value is -4.66. The first-order valence-electron chi connectivity index (χ1n) is 9.57. The molecular formula is C23H19N5O4. The van der Waals surface area contributed by atoms with Crippen molar-refractivity contribution in [2.24, 2.45) is 5.73 Å². The summed E-state index contributed by atoms with van der Waals surface area (Å²) >= 11 is 0. The number of carbonyl (C=O) groups excluding carboxylic acids is 2. The number of nitrogens with two attached hydrogens (primary N) is 1. The zero-order chi connectivity index (χ0) is 22.5. The highest BCUT2D eigenvalue weighted by Gasteiger charge is 2.19. The van der Waals surface area contributed by atoms with Crippen LogP contribution in [0.1, 0.15) is 20.8 Å². The van der Waals surface area contributed by atoms with Crippen LogP contribution < -0.4 is 20.5 Å². The molecule has 9 heteroatoms. The van der Waals surface area contributed by atoms with Gasteiger partial charge in [-0.2, -0.15) is 5.10 Å². The molecule has 0 fully saturated rings. The van der Waals surface area contributed by atoms with E-state index in [1.807, 2.05) is 30.3 Å². The van der Waals surface area contributed by atoms with Gasteiger partial charge in [-0.1, -0.05) is 24.3 Å². The second-order valence-electron chi connectivity index (χ2n) is 6.66. The van der Waals surface area contributed by atoms with E-state index in [9.17, 15) is 9.59 Å². The van der Waals surface area contributed by atoms with Crippen LogP contribution in [-0.2, 0) is 0 Å². The van der Waals surface area contributed by atoms with Crippen molar-refractivity contribution in [2.75, 3.05) is 12.4 Å². The number of anilines is 1. The zero-order valence-electron chi connectivity index (χ0n) is 17.1. The van der Waals surface area contributed by atoms with Gasteiger partial charge in [0.2, 0.25) is 11.8 Å². The number of para-hydroxylation sites is 1. The van der Waals surface area contributed by atoms with Crippen molar-refractivity contribution in [1.82, 2.24) is 14.8 Å². The van der Waals surface area contributed by atoms with Gasteiger partial charge in [0.05, 0.1) is 30.9 Å². The lowest BCUT2D eigenvalue weighted by molar-refractivity contribution is 0.0996. The van der Waals surface area contributed by atoms with Gasteiger partial charge in [0, 0.05) is 11.6 Å². The summed E-state index contributed by atoms with van der Waals surface area (Å²) in [7, 11) is 1.48. The molecule has 2 amide bonds. The van der Waals surface area contributed by atoms with Crippen molar-refractivity contribution >= 4 is 17.5 Å². The molecule has 0 saturated heterocycles. The third kappa shape index (κ3) is 4.57. The summed E-state index contributed by atoms with van der Waals surface area (Å²) in [6, 6.07) is 19.1. The fourth-order valence-electron chi connectivity index (χ4n) is 2.92. The predicted octanol–water partition coefficient (Wildman–Crippen LogP) is 3.42. The zero-order valence-corrected chi connectivity index (χ0v) is 17.1. The van der Waals surface area contributed by atoms with Crippen LogP contribution in [0, 0.1) is 0 Å². The fourth-order valence-corrected chi connectivity index (χ4v) is 2.92. The van der Waals surface area contributed by atoms with Gasteiger partial charge in [-0.3, -0.25) is 9.59 Å². The monoisotopic (exact) mass is 429 g/mol. The molecule has 4 rings (SSSR count). The topological polar surface area (TPSA) is 121 Å². The van der Waals surface area contributed by atoms with Crippen LogP contribution in [0.2, 0.25) is 0 Å². The van der Waals surface area contributed by atoms with Crippen LogP contribution in [0.15, 0.2) is 79.1 Å². The Labute approximate surface area is 183 Å². The number of ether oxygens (including phenoxy) is 2. The SMILES string of the molecule is COc1cn(-c2ccccc2)nc1C(=O)Nc1ccc(Oc2cccc(C(N)=O)c2)nc1. The molecular weight excluding hydrogens is 410 g/mol. The van der Waals surface area contributed by atoms with Gasteiger partial charge < -0.3 is 20.5 Å². The first-order chi connectivity index (χ1) is 15.5. The van der Waals surface area contributed by atoms with Crippen LogP contribution in [0.3, 0.4) is 0 Å². The molecule has 0 aliphatic carbocycles. The number of hydrogen-bond donors (Lipinski definition) is 2. The highest BCUT2D eigenvalue weighted by Crippen LogP contribution is 2.23. The Morgan fingerprint density at radius 2 is 1.84 bits per heavy atom. The lowest BCUT2D eigenvalue weighted by atomic mass is 10.2. The minimum atomic E-state index is -0.549. The summed E-state index contributed by atoms with van der Waals surface area (Å²) in [6.45, 7) is 0. The summed E-state index contributed by atoms with van der Waals surface area (Å²) in [4.78, 5) is 28.2. The number of pyridine rings is 1. The number of rotatable bonds is 7.